The van der Waals surface area contributed by atoms with Crippen LogP contribution in [-0.4, -0.2) is 34.2 Å². The number of carboxylic acid groups (broad SMARTS) is 1. The number of carboxylic acids is 1. The third kappa shape index (κ3) is 3.76. The number of rotatable bonds is 5. The van der Waals surface area contributed by atoms with E-state index in [4.69, 9.17) is 21.4 Å². The lowest BCUT2D eigenvalue weighted by atomic mass is 10.00. The van der Waals surface area contributed by atoms with Crippen molar-refractivity contribution in [2.45, 2.75) is 26.2 Å². The zero-order valence-corrected chi connectivity index (χ0v) is 14.1. The van der Waals surface area contributed by atoms with Crippen LogP contribution in [0.2, 0.25) is 5.15 Å². The van der Waals surface area contributed by atoms with Crippen LogP contribution < -0.4 is 9.64 Å². The average Bonchev–Trinajstić information content (AvgIpc) is 2.53. The highest BCUT2D eigenvalue weighted by atomic mass is 35.5. The van der Waals surface area contributed by atoms with Crippen molar-refractivity contribution < 1.29 is 14.6 Å². The maximum Gasteiger partial charge on any atom is 0.319 e. The van der Waals surface area contributed by atoms with E-state index in [-0.39, 0.29) is 24.2 Å². The van der Waals surface area contributed by atoms with Crippen LogP contribution in [0.1, 0.15) is 24.0 Å². The number of benzene rings is 1. The van der Waals surface area contributed by atoms with E-state index in [1.54, 1.807) is 6.07 Å². The Balaban J connectivity index is 1.89. The molecule has 1 aliphatic heterocycles. The molecule has 0 aliphatic carbocycles. The summed E-state index contributed by atoms with van der Waals surface area (Å²) < 4.78 is 5.33. The molecule has 0 unspecified atom stereocenters. The van der Waals surface area contributed by atoms with Gasteiger partial charge < -0.3 is 14.7 Å². The van der Waals surface area contributed by atoms with Gasteiger partial charge in [-0.3, -0.25) is 4.79 Å². The van der Waals surface area contributed by atoms with Gasteiger partial charge in [0.1, 0.15) is 17.6 Å². The number of aliphatic carboxylic acids is 1. The number of hydrogen-bond acceptors (Lipinski definition) is 5. The Kier molecular flexibility index (Phi) is 4.85. The number of aromatic nitrogens is 2. The Labute approximate surface area is 145 Å². The van der Waals surface area contributed by atoms with Gasteiger partial charge in [0, 0.05) is 18.3 Å². The molecule has 0 bridgehead atoms. The van der Waals surface area contributed by atoms with E-state index in [9.17, 15) is 4.79 Å². The lowest BCUT2D eigenvalue weighted by Gasteiger charge is -2.30. The summed E-state index contributed by atoms with van der Waals surface area (Å²) in [6, 6.07) is 8.18. The molecule has 2 heterocycles. The molecule has 0 saturated carbocycles. The van der Waals surface area contributed by atoms with E-state index in [1.165, 1.54) is 11.1 Å². The van der Waals surface area contributed by atoms with Crippen molar-refractivity contribution in [1.29, 1.82) is 0 Å². The van der Waals surface area contributed by atoms with Gasteiger partial charge >= 0.3 is 12.0 Å². The first-order valence-corrected chi connectivity index (χ1v) is 8.17. The largest absolute Gasteiger partial charge is 0.481 e. The van der Waals surface area contributed by atoms with E-state index >= 15 is 0 Å². The maximum atomic E-state index is 10.6. The minimum atomic E-state index is -0.933. The van der Waals surface area contributed by atoms with Gasteiger partial charge in [-0.1, -0.05) is 23.7 Å². The van der Waals surface area contributed by atoms with Gasteiger partial charge in [-0.15, -0.1) is 0 Å². The summed E-state index contributed by atoms with van der Waals surface area (Å²) in [7, 11) is 0. The number of anilines is 2. The fourth-order valence-electron chi connectivity index (χ4n) is 2.74. The number of fused-ring (bicyclic) bond motifs is 1. The van der Waals surface area contributed by atoms with Crippen molar-refractivity contribution in [3.8, 4) is 6.01 Å². The molecule has 24 heavy (non-hydrogen) atoms. The molecule has 1 aromatic heterocycles. The zero-order valence-electron chi connectivity index (χ0n) is 13.3. The number of nitrogens with zero attached hydrogens (tertiary/aromatic N) is 3. The van der Waals surface area contributed by atoms with Crippen molar-refractivity contribution >= 4 is 29.1 Å². The summed E-state index contributed by atoms with van der Waals surface area (Å²) in [5.74, 6) is -0.274. The summed E-state index contributed by atoms with van der Waals surface area (Å²) >= 11 is 6.09. The van der Waals surface area contributed by atoms with Crippen molar-refractivity contribution in [2.75, 3.05) is 18.1 Å². The second-order valence-corrected chi connectivity index (χ2v) is 6.10. The van der Waals surface area contributed by atoms with Crippen LogP contribution in [0.25, 0.3) is 0 Å². The molecule has 0 spiro atoms. The molecule has 0 amide bonds. The molecule has 126 valence electrons. The van der Waals surface area contributed by atoms with Crippen LogP contribution in [0.3, 0.4) is 0 Å². The fourth-order valence-corrected chi connectivity index (χ4v) is 2.91. The highest BCUT2D eigenvalue weighted by Gasteiger charge is 2.21. The summed E-state index contributed by atoms with van der Waals surface area (Å²) in [5, 5.41) is 8.95. The summed E-state index contributed by atoms with van der Waals surface area (Å²) in [6.45, 7) is 2.89. The third-order valence-electron chi connectivity index (χ3n) is 3.84. The fraction of sp³-hybridized carbons (Fsp3) is 0.353. The number of hydrogen-bond donors (Lipinski definition) is 1. The molecule has 7 heteroatoms. The first-order chi connectivity index (χ1) is 11.5. The lowest BCUT2D eigenvalue weighted by Crippen LogP contribution is -2.25. The van der Waals surface area contributed by atoms with Crippen molar-refractivity contribution in [1.82, 2.24) is 9.97 Å². The van der Waals surface area contributed by atoms with Gasteiger partial charge in [0.25, 0.3) is 0 Å². The van der Waals surface area contributed by atoms with E-state index < -0.39 is 5.97 Å². The number of halogens is 1. The molecule has 1 aromatic carbocycles. The molecule has 0 saturated heterocycles. The molecular formula is C17H18ClN3O3. The summed E-state index contributed by atoms with van der Waals surface area (Å²) in [6.07, 6.45) is 1.94. The predicted octanol–water partition coefficient (Wildman–Crippen LogP) is 3.38. The van der Waals surface area contributed by atoms with E-state index in [0.717, 1.165) is 25.1 Å². The quantitative estimate of drug-likeness (QED) is 0.836. The summed E-state index contributed by atoms with van der Waals surface area (Å²) in [5.41, 5.74) is 3.57. The third-order valence-corrected chi connectivity index (χ3v) is 4.04. The molecule has 1 N–H and O–H groups in total. The molecule has 0 atom stereocenters. The first kappa shape index (κ1) is 16.5. The van der Waals surface area contributed by atoms with Crippen LogP contribution in [-0.2, 0) is 11.2 Å². The van der Waals surface area contributed by atoms with Gasteiger partial charge in [-0.2, -0.15) is 9.97 Å². The van der Waals surface area contributed by atoms with E-state index in [0.29, 0.717) is 5.82 Å². The standard InChI is InChI=1S/C17H18ClN3O3/c1-11-4-5-12-3-2-7-21(13(12)9-11)15-10-14(18)19-17(20-15)24-8-6-16(22)23/h4-5,9-10H,2-3,6-8H2,1H3,(H,22,23). The molecule has 0 radical (unpaired) electrons. The van der Waals surface area contributed by atoms with Crippen LogP contribution in [0.15, 0.2) is 24.3 Å². The molecule has 0 fully saturated rings. The first-order valence-electron chi connectivity index (χ1n) is 7.79. The minimum absolute atomic E-state index is 0.00477. The van der Waals surface area contributed by atoms with Crippen molar-refractivity contribution in [2.24, 2.45) is 0 Å². The van der Waals surface area contributed by atoms with Gasteiger partial charge in [-0.05, 0) is 37.0 Å². The number of carbonyl (C=O) groups is 1. The number of aryl methyl sites for hydroxylation is 2. The lowest BCUT2D eigenvalue weighted by molar-refractivity contribution is -0.137. The van der Waals surface area contributed by atoms with Crippen molar-refractivity contribution in [3.63, 3.8) is 0 Å². The Morgan fingerprint density at radius 3 is 3.00 bits per heavy atom. The topological polar surface area (TPSA) is 75.6 Å². The maximum absolute atomic E-state index is 10.6. The molecule has 6 nitrogen and oxygen atoms in total. The Hall–Kier alpha value is -2.34. The van der Waals surface area contributed by atoms with Crippen LogP contribution in [0.4, 0.5) is 11.5 Å². The van der Waals surface area contributed by atoms with Gasteiger partial charge in [-0.25, -0.2) is 0 Å². The molecule has 2 aromatic rings. The molecule has 3 rings (SSSR count). The smallest absolute Gasteiger partial charge is 0.319 e. The Bertz CT molecular complexity index is 767. The second kappa shape index (κ2) is 7.05. The minimum Gasteiger partial charge on any atom is -0.481 e. The highest BCUT2D eigenvalue weighted by molar-refractivity contribution is 6.29. The normalized spacial score (nSPS) is 13.5. The summed E-state index contributed by atoms with van der Waals surface area (Å²) in [4.78, 5) is 21.1. The monoisotopic (exact) mass is 347 g/mol. The average molecular weight is 348 g/mol. The Morgan fingerprint density at radius 2 is 2.21 bits per heavy atom. The number of ether oxygens (including phenoxy) is 1. The highest BCUT2D eigenvalue weighted by Crippen LogP contribution is 2.34. The zero-order chi connectivity index (χ0) is 17.1. The second-order valence-electron chi connectivity index (χ2n) is 5.71. The van der Waals surface area contributed by atoms with E-state index in [2.05, 4.69) is 40.0 Å². The van der Waals surface area contributed by atoms with Crippen LogP contribution >= 0.6 is 11.6 Å². The van der Waals surface area contributed by atoms with Crippen LogP contribution in [0, 0.1) is 6.92 Å². The van der Waals surface area contributed by atoms with Crippen LogP contribution in [0.5, 0.6) is 6.01 Å². The predicted molar refractivity (Wildman–Crippen MR) is 91.3 cm³/mol. The van der Waals surface area contributed by atoms with Gasteiger partial charge in [0.05, 0.1) is 6.42 Å². The molecule has 1 aliphatic rings. The SMILES string of the molecule is Cc1ccc2c(c1)N(c1cc(Cl)nc(OCCC(=O)O)n1)CCC2. The van der Waals surface area contributed by atoms with Gasteiger partial charge in [0.15, 0.2) is 0 Å². The van der Waals surface area contributed by atoms with E-state index in [1.807, 2.05) is 0 Å². The molecular weight excluding hydrogens is 330 g/mol. The Morgan fingerprint density at radius 1 is 1.38 bits per heavy atom. The van der Waals surface area contributed by atoms with Crippen molar-refractivity contribution in [3.05, 3.63) is 40.5 Å². The van der Waals surface area contributed by atoms with Gasteiger partial charge in [0.2, 0.25) is 0 Å².